The summed E-state index contributed by atoms with van der Waals surface area (Å²) in [7, 11) is 0. The molecule has 1 fully saturated rings. The largest absolute Gasteiger partial charge is 0.338 e. The van der Waals surface area contributed by atoms with E-state index in [1.807, 2.05) is 26.0 Å². The number of nitrogens with zero attached hydrogens (tertiary/aromatic N) is 4. The molecule has 1 atom stereocenters. The Balaban J connectivity index is 1.66. The molecule has 0 aliphatic carbocycles. The van der Waals surface area contributed by atoms with Crippen molar-refractivity contribution in [3.05, 3.63) is 36.1 Å². The van der Waals surface area contributed by atoms with E-state index in [-0.39, 0.29) is 17.9 Å². The van der Waals surface area contributed by atoms with Gasteiger partial charge in [0.2, 0.25) is 11.8 Å². The van der Waals surface area contributed by atoms with Crippen molar-refractivity contribution in [2.75, 3.05) is 18.4 Å². The fourth-order valence-corrected chi connectivity index (χ4v) is 2.88. The summed E-state index contributed by atoms with van der Waals surface area (Å²) in [6, 6.07) is 5.45. The van der Waals surface area contributed by atoms with Crippen LogP contribution in [-0.4, -0.2) is 39.0 Å². The van der Waals surface area contributed by atoms with Crippen LogP contribution in [-0.2, 0) is 4.79 Å². The van der Waals surface area contributed by atoms with Crippen LogP contribution in [0, 0.1) is 0 Å². The van der Waals surface area contributed by atoms with Crippen molar-refractivity contribution in [2.24, 2.45) is 0 Å². The molecule has 0 aromatic carbocycles. The summed E-state index contributed by atoms with van der Waals surface area (Å²) in [6.45, 7) is 5.21. The van der Waals surface area contributed by atoms with E-state index in [0.717, 1.165) is 25.8 Å². The summed E-state index contributed by atoms with van der Waals surface area (Å²) < 4.78 is 5.45. The third kappa shape index (κ3) is 3.97. The predicted octanol–water partition coefficient (Wildman–Crippen LogP) is 2.75. The smallest absolute Gasteiger partial charge is 0.244 e. The highest BCUT2D eigenvalue weighted by molar-refractivity contribution is 5.91. The van der Waals surface area contributed by atoms with Crippen molar-refractivity contribution >= 4 is 11.7 Å². The summed E-state index contributed by atoms with van der Waals surface area (Å²) >= 11 is 0. The van der Waals surface area contributed by atoms with Gasteiger partial charge >= 0.3 is 0 Å². The fourth-order valence-electron chi connectivity index (χ4n) is 2.88. The van der Waals surface area contributed by atoms with Gasteiger partial charge in [0.15, 0.2) is 5.82 Å². The van der Waals surface area contributed by atoms with Gasteiger partial charge in [0.05, 0.1) is 12.6 Å². The standard InChI is InChI=1S/C17H23N5O2/c1-12(2)16-20-17(24-21-16)13-7-4-6-10-22(13)11-15(23)19-14-8-3-5-9-18-14/h3,5,8-9,12-13H,4,6-7,10-11H2,1-2H3,(H,18,19,23)/t13-/m0/s1. The fraction of sp³-hybridized carbons (Fsp3) is 0.529. The zero-order valence-corrected chi connectivity index (χ0v) is 14.1. The number of hydrogen-bond acceptors (Lipinski definition) is 6. The minimum absolute atomic E-state index is 0.00762. The van der Waals surface area contributed by atoms with Gasteiger partial charge in [-0.15, -0.1) is 0 Å². The van der Waals surface area contributed by atoms with Gasteiger partial charge in [0.1, 0.15) is 5.82 Å². The lowest BCUT2D eigenvalue weighted by Crippen LogP contribution is -2.39. The number of carbonyl (C=O) groups excluding carboxylic acids is 1. The Morgan fingerprint density at radius 3 is 3.00 bits per heavy atom. The summed E-state index contributed by atoms with van der Waals surface area (Å²) in [5.74, 6) is 2.05. The van der Waals surface area contributed by atoms with Crippen LogP contribution in [0.1, 0.15) is 56.8 Å². The summed E-state index contributed by atoms with van der Waals surface area (Å²) in [4.78, 5) is 23.1. The first kappa shape index (κ1) is 16.6. The topological polar surface area (TPSA) is 84.2 Å². The van der Waals surface area contributed by atoms with Crippen molar-refractivity contribution in [2.45, 2.75) is 45.1 Å². The molecule has 0 radical (unpaired) electrons. The molecule has 2 aromatic heterocycles. The van der Waals surface area contributed by atoms with Crippen molar-refractivity contribution in [1.29, 1.82) is 0 Å². The molecule has 1 amide bonds. The second-order valence-electron chi connectivity index (χ2n) is 6.39. The van der Waals surface area contributed by atoms with E-state index in [1.54, 1.807) is 12.3 Å². The molecular weight excluding hydrogens is 306 g/mol. The lowest BCUT2D eigenvalue weighted by molar-refractivity contribution is -0.118. The molecule has 128 valence electrons. The SMILES string of the molecule is CC(C)c1noc([C@@H]2CCCCN2CC(=O)Nc2ccccn2)n1. The van der Waals surface area contributed by atoms with Crippen LogP contribution in [0.15, 0.2) is 28.9 Å². The van der Waals surface area contributed by atoms with Crippen molar-refractivity contribution < 1.29 is 9.32 Å². The number of pyridine rings is 1. The summed E-state index contributed by atoms with van der Waals surface area (Å²) in [6.07, 6.45) is 4.75. The van der Waals surface area contributed by atoms with Gasteiger partial charge in [-0.2, -0.15) is 4.98 Å². The van der Waals surface area contributed by atoms with E-state index < -0.39 is 0 Å². The van der Waals surface area contributed by atoms with Crippen LogP contribution in [0.25, 0.3) is 0 Å². The molecular formula is C17H23N5O2. The average molecular weight is 329 g/mol. The van der Waals surface area contributed by atoms with Crippen LogP contribution in [0.3, 0.4) is 0 Å². The molecule has 1 aliphatic heterocycles. The Morgan fingerprint density at radius 2 is 2.29 bits per heavy atom. The Kier molecular flexibility index (Phi) is 5.20. The number of amides is 1. The first-order valence-corrected chi connectivity index (χ1v) is 8.42. The highest BCUT2D eigenvalue weighted by Crippen LogP contribution is 2.30. The van der Waals surface area contributed by atoms with Crippen LogP contribution in [0.2, 0.25) is 0 Å². The van der Waals surface area contributed by atoms with E-state index in [9.17, 15) is 4.79 Å². The molecule has 24 heavy (non-hydrogen) atoms. The Bertz CT molecular complexity index is 671. The molecule has 0 spiro atoms. The van der Waals surface area contributed by atoms with Gasteiger partial charge < -0.3 is 9.84 Å². The quantitative estimate of drug-likeness (QED) is 0.908. The zero-order chi connectivity index (χ0) is 16.9. The molecule has 7 nitrogen and oxygen atoms in total. The molecule has 1 saturated heterocycles. The third-order valence-electron chi connectivity index (χ3n) is 4.15. The Morgan fingerprint density at radius 1 is 1.42 bits per heavy atom. The molecule has 0 saturated carbocycles. The van der Waals surface area contributed by atoms with Crippen LogP contribution in [0.5, 0.6) is 0 Å². The number of piperidine rings is 1. The minimum atomic E-state index is -0.0794. The molecule has 1 aliphatic rings. The van der Waals surface area contributed by atoms with Gasteiger partial charge in [-0.05, 0) is 31.5 Å². The van der Waals surface area contributed by atoms with Gasteiger partial charge in [0.25, 0.3) is 0 Å². The average Bonchev–Trinajstić information content (AvgIpc) is 3.06. The molecule has 2 aromatic rings. The maximum absolute atomic E-state index is 12.3. The van der Waals surface area contributed by atoms with E-state index in [1.165, 1.54) is 0 Å². The predicted molar refractivity (Wildman–Crippen MR) is 89.4 cm³/mol. The van der Waals surface area contributed by atoms with Gasteiger partial charge in [-0.25, -0.2) is 4.98 Å². The lowest BCUT2D eigenvalue weighted by Gasteiger charge is -2.32. The van der Waals surface area contributed by atoms with E-state index in [2.05, 4.69) is 25.3 Å². The zero-order valence-electron chi connectivity index (χ0n) is 14.1. The number of carbonyl (C=O) groups is 1. The number of likely N-dealkylation sites (tertiary alicyclic amines) is 1. The van der Waals surface area contributed by atoms with Gasteiger partial charge in [-0.1, -0.05) is 31.5 Å². The normalized spacial score (nSPS) is 18.7. The maximum atomic E-state index is 12.3. The number of anilines is 1. The Labute approximate surface area is 141 Å². The van der Waals surface area contributed by atoms with E-state index in [4.69, 9.17) is 4.52 Å². The summed E-state index contributed by atoms with van der Waals surface area (Å²) in [5, 5.41) is 6.88. The highest BCUT2D eigenvalue weighted by atomic mass is 16.5. The van der Waals surface area contributed by atoms with Crippen LogP contribution in [0.4, 0.5) is 5.82 Å². The lowest BCUT2D eigenvalue weighted by atomic mass is 10.0. The monoisotopic (exact) mass is 329 g/mol. The second-order valence-corrected chi connectivity index (χ2v) is 6.39. The molecule has 0 bridgehead atoms. The number of hydrogen-bond donors (Lipinski definition) is 1. The first-order chi connectivity index (χ1) is 11.6. The van der Waals surface area contributed by atoms with Gasteiger partial charge in [0, 0.05) is 12.1 Å². The molecule has 3 rings (SSSR count). The van der Waals surface area contributed by atoms with Crippen molar-refractivity contribution in [1.82, 2.24) is 20.0 Å². The van der Waals surface area contributed by atoms with Crippen molar-refractivity contribution in [3.8, 4) is 0 Å². The minimum Gasteiger partial charge on any atom is -0.338 e. The van der Waals surface area contributed by atoms with Crippen LogP contribution >= 0.6 is 0 Å². The number of rotatable bonds is 5. The second kappa shape index (κ2) is 7.53. The van der Waals surface area contributed by atoms with Gasteiger partial charge in [-0.3, -0.25) is 9.69 Å². The third-order valence-corrected chi connectivity index (χ3v) is 4.15. The molecule has 7 heteroatoms. The molecule has 1 N–H and O–H groups in total. The summed E-state index contributed by atoms with van der Waals surface area (Å²) in [5.41, 5.74) is 0. The van der Waals surface area contributed by atoms with Crippen molar-refractivity contribution in [3.63, 3.8) is 0 Å². The number of nitrogens with one attached hydrogen (secondary N) is 1. The highest BCUT2D eigenvalue weighted by Gasteiger charge is 2.30. The molecule has 3 heterocycles. The maximum Gasteiger partial charge on any atom is 0.244 e. The first-order valence-electron chi connectivity index (χ1n) is 8.42. The van der Waals surface area contributed by atoms with Crippen LogP contribution < -0.4 is 5.32 Å². The Hall–Kier alpha value is -2.28. The van der Waals surface area contributed by atoms with E-state index in [0.29, 0.717) is 24.1 Å². The number of aromatic nitrogens is 3. The van der Waals surface area contributed by atoms with E-state index >= 15 is 0 Å². The molecule has 0 unspecified atom stereocenters.